The van der Waals surface area contributed by atoms with Gasteiger partial charge in [0.1, 0.15) is 11.9 Å². The molecule has 6 nitrogen and oxygen atoms in total. The maximum Gasteiger partial charge on any atom is 0.374 e. The Kier molecular flexibility index (Phi) is 5.16. The fourth-order valence-corrected chi connectivity index (χ4v) is 4.01. The number of aromatic nitrogens is 3. The summed E-state index contributed by atoms with van der Waals surface area (Å²) in [7, 11) is 0. The van der Waals surface area contributed by atoms with Crippen molar-refractivity contribution in [3.05, 3.63) is 71.7 Å². The minimum Gasteiger partial charge on any atom is -0.460 e. The minimum absolute atomic E-state index is 0.248. The SMILES string of the molecule is CCOC(=O)c1oc2ccccc2c1CSc1nncn1-c1ccccc1C. The molecule has 0 amide bonds. The highest BCUT2D eigenvalue weighted by Gasteiger charge is 2.22. The maximum absolute atomic E-state index is 12.4. The lowest BCUT2D eigenvalue weighted by Gasteiger charge is -2.09. The minimum atomic E-state index is -0.449. The molecule has 2 aromatic carbocycles. The number of hydrogen-bond donors (Lipinski definition) is 0. The van der Waals surface area contributed by atoms with Gasteiger partial charge in [0.05, 0.1) is 12.3 Å². The third-order valence-corrected chi connectivity index (χ3v) is 5.37. The van der Waals surface area contributed by atoms with Gasteiger partial charge in [-0.1, -0.05) is 48.2 Å². The van der Waals surface area contributed by atoms with Crippen LogP contribution in [0, 0.1) is 6.92 Å². The van der Waals surface area contributed by atoms with Crippen LogP contribution in [0.1, 0.15) is 28.6 Å². The highest BCUT2D eigenvalue weighted by Crippen LogP contribution is 2.32. The molecule has 0 saturated carbocycles. The lowest BCUT2D eigenvalue weighted by molar-refractivity contribution is 0.0491. The van der Waals surface area contributed by atoms with E-state index in [9.17, 15) is 4.79 Å². The Morgan fingerprint density at radius 3 is 2.79 bits per heavy atom. The largest absolute Gasteiger partial charge is 0.460 e. The molecule has 2 heterocycles. The van der Waals surface area contributed by atoms with E-state index in [-0.39, 0.29) is 5.76 Å². The molecule has 0 saturated heterocycles. The van der Waals surface area contributed by atoms with Gasteiger partial charge in [0.2, 0.25) is 5.76 Å². The molecule has 0 aliphatic carbocycles. The van der Waals surface area contributed by atoms with Crippen molar-refractivity contribution < 1.29 is 13.9 Å². The predicted octanol–water partition coefficient (Wildman–Crippen LogP) is 4.79. The molecule has 28 heavy (non-hydrogen) atoms. The monoisotopic (exact) mass is 393 g/mol. The van der Waals surface area contributed by atoms with Gasteiger partial charge in [-0.05, 0) is 31.5 Å². The first-order valence-electron chi connectivity index (χ1n) is 8.95. The summed E-state index contributed by atoms with van der Waals surface area (Å²) in [6, 6.07) is 15.7. The molecule has 4 aromatic rings. The van der Waals surface area contributed by atoms with Gasteiger partial charge < -0.3 is 9.15 Å². The van der Waals surface area contributed by atoms with Crippen LogP contribution in [0.25, 0.3) is 16.7 Å². The van der Waals surface area contributed by atoms with Crippen LogP contribution in [0.5, 0.6) is 0 Å². The van der Waals surface area contributed by atoms with Gasteiger partial charge in [-0.15, -0.1) is 10.2 Å². The second-order valence-corrected chi connectivity index (χ2v) is 7.13. The topological polar surface area (TPSA) is 70.2 Å². The molecule has 142 valence electrons. The second-order valence-electron chi connectivity index (χ2n) is 6.19. The van der Waals surface area contributed by atoms with Crippen LogP contribution in [0.2, 0.25) is 0 Å². The number of fused-ring (bicyclic) bond motifs is 1. The van der Waals surface area contributed by atoms with Gasteiger partial charge in [0, 0.05) is 16.7 Å². The highest BCUT2D eigenvalue weighted by atomic mass is 32.2. The number of carbonyl (C=O) groups excluding carboxylic acids is 1. The van der Waals surface area contributed by atoms with Crippen LogP contribution >= 0.6 is 11.8 Å². The first kappa shape index (κ1) is 18.3. The summed E-state index contributed by atoms with van der Waals surface area (Å²) in [5.74, 6) is 0.308. The van der Waals surface area contributed by atoms with Gasteiger partial charge >= 0.3 is 5.97 Å². The van der Waals surface area contributed by atoms with Crippen LogP contribution < -0.4 is 0 Å². The summed E-state index contributed by atoms with van der Waals surface area (Å²) >= 11 is 1.50. The maximum atomic E-state index is 12.4. The molecular weight excluding hydrogens is 374 g/mol. The molecule has 0 spiro atoms. The smallest absolute Gasteiger partial charge is 0.374 e. The summed E-state index contributed by atoms with van der Waals surface area (Å²) in [4.78, 5) is 12.4. The first-order chi connectivity index (χ1) is 13.7. The molecule has 0 N–H and O–H groups in total. The average molecular weight is 393 g/mol. The van der Waals surface area contributed by atoms with E-state index < -0.39 is 5.97 Å². The molecule has 4 rings (SSSR count). The summed E-state index contributed by atoms with van der Waals surface area (Å²) in [5.41, 5.74) is 3.63. The van der Waals surface area contributed by atoms with Crippen LogP contribution in [-0.4, -0.2) is 27.3 Å². The van der Waals surface area contributed by atoms with Gasteiger partial charge in [-0.2, -0.15) is 0 Å². The van der Waals surface area contributed by atoms with E-state index in [1.54, 1.807) is 13.3 Å². The Morgan fingerprint density at radius 1 is 1.18 bits per heavy atom. The first-order valence-corrected chi connectivity index (χ1v) is 9.94. The fraction of sp³-hybridized carbons (Fsp3) is 0.190. The van der Waals surface area contributed by atoms with Crippen molar-refractivity contribution in [1.82, 2.24) is 14.8 Å². The van der Waals surface area contributed by atoms with Crippen molar-refractivity contribution >= 4 is 28.7 Å². The zero-order chi connectivity index (χ0) is 19.5. The van der Waals surface area contributed by atoms with Crippen molar-refractivity contribution in [2.24, 2.45) is 0 Å². The lowest BCUT2D eigenvalue weighted by Crippen LogP contribution is -2.06. The van der Waals surface area contributed by atoms with Crippen LogP contribution in [0.3, 0.4) is 0 Å². The molecule has 0 unspecified atom stereocenters. The molecular formula is C21H19N3O3S. The third-order valence-electron chi connectivity index (χ3n) is 4.40. The Hall–Kier alpha value is -3.06. The fourth-order valence-electron chi connectivity index (χ4n) is 3.06. The summed E-state index contributed by atoms with van der Waals surface area (Å²) in [5, 5.41) is 9.97. The second kappa shape index (κ2) is 7.90. The Labute approximate surface area is 166 Å². The molecule has 0 atom stereocenters. The number of para-hydroxylation sites is 2. The number of nitrogens with zero attached hydrogens (tertiary/aromatic N) is 3. The molecule has 0 bridgehead atoms. The van der Waals surface area contributed by atoms with Crippen molar-refractivity contribution in [2.75, 3.05) is 6.61 Å². The van der Waals surface area contributed by atoms with E-state index >= 15 is 0 Å². The number of aryl methyl sites for hydroxylation is 1. The third kappa shape index (κ3) is 3.41. The Morgan fingerprint density at radius 2 is 1.96 bits per heavy atom. The van der Waals surface area contributed by atoms with Crippen LogP contribution in [-0.2, 0) is 10.5 Å². The van der Waals surface area contributed by atoms with Gasteiger partial charge in [-0.3, -0.25) is 4.57 Å². The number of carbonyl (C=O) groups is 1. The van der Waals surface area contributed by atoms with Crippen LogP contribution in [0.15, 0.2) is 64.4 Å². The zero-order valence-corrected chi connectivity index (χ0v) is 16.4. The van der Waals surface area contributed by atoms with E-state index in [0.717, 1.165) is 27.4 Å². The van der Waals surface area contributed by atoms with Crippen molar-refractivity contribution in [3.8, 4) is 5.69 Å². The van der Waals surface area contributed by atoms with Crippen LogP contribution in [0.4, 0.5) is 0 Å². The number of esters is 1. The van der Waals surface area contributed by atoms with E-state index in [1.165, 1.54) is 11.8 Å². The predicted molar refractivity (Wildman–Crippen MR) is 108 cm³/mol. The molecule has 7 heteroatoms. The zero-order valence-electron chi connectivity index (χ0n) is 15.6. The molecule has 0 aliphatic rings. The number of benzene rings is 2. The van der Waals surface area contributed by atoms with Crippen molar-refractivity contribution in [2.45, 2.75) is 24.8 Å². The number of ether oxygens (including phenoxy) is 1. The number of hydrogen-bond acceptors (Lipinski definition) is 6. The summed E-state index contributed by atoms with van der Waals surface area (Å²) in [6.45, 7) is 4.12. The average Bonchev–Trinajstić information content (AvgIpc) is 3.31. The summed E-state index contributed by atoms with van der Waals surface area (Å²) < 4.78 is 12.9. The summed E-state index contributed by atoms with van der Waals surface area (Å²) in [6.07, 6.45) is 1.70. The van der Waals surface area contributed by atoms with E-state index in [4.69, 9.17) is 9.15 Å². The molecule has 0 aliphatic heterocycles. The quantitative estimate of drug-likeness (QED) is 0.346. The normalized spacial score (nSPS) is 11.1. The molecule has 0 radical (unpaired) electrons. The van der Waals surface area contributed by atoms with Crippen molar-refractivity contribution in [3.63, 3.8) is 0 Å². The van der Waals surface area contributed by atoms with Gasteiger partial charge in [0.25, 0.3) is 0 Å². The van der Waals surface area contributed by atoms with Gasteiger partial charge in [0.15, 0.2) is 5.16 Å². The Balaban J connectivity index is 1.67. The molecule has 0 fully saturated rings. The number of thioether (sulfide) groups is 1. The highest BCUT2D eigenvalue weighted by molar-refractivity contribution is 7.98. The van der Waals surface area contributed by atoms with E-state index in [1.807, 2.05) is 60.0 Å². The molecule has 2 aromatic heterocycles. The lowest BCUT2D eigenvalue weighted by atomic mass is 10.1. The number of furan rings is 1. The Bertz CT molecular complexity index is 1130. The standard InChI is InChI=1S/C21H19N3O3S/c1-3-26-20(25)19-16(15-9-5-7-11-18(15)27-19)12-28-21-23-22-13-24(21)17-10-6-4-8-14(17)2/h4-11,13H,3,12H2,1-2H3. The van der Waals surface area contributed by atoms with E-state index in [0.29, 0.717) is 17.9 Å². The van der Waals surface area contributed by atoms with E-state index in [2.05, 4.69) is 10.2 Å². The van der Waals surface area contributed by atoms with Gasteiger partial charge in [-0.25, -0.2) is 4.79 Å². The van der Waals surface area contributed by atoms with Crippen molar-refractivity contribution in [1.29, 1.82) is 0 Å². The number of rotatable bonds is 6.